The number of carbonyl (C=O) groups excluding carboxylic acids is 1. The highest BCUT2D eigenvalue weighted by atomic mass is 19.3. The van der Waals surface area contributed by atoms with E-state index in [1.165, 1.54) is 6.07 Å². The Bertz CT molecular complexity index is 521. The molecule has 5 nitrogen and oxygen atoms in total. The first-order chi connectivity index (χ1) is 9.49. The Hall–Kier alpha value is -2.18. The highest BCUT2D eigenvalue weighted by molar-refractivity contribution is 5.89. The molecular weight excluding hydrogens is 272 g/mol. The van der Waals surface area contributed by atoms with E-state index in [9.17, 15) is 18.4 Å². The van der Waals surface area contributed by atoms with E-state index in [1.54, 1.807) is 18.2 Å². The first-order valence-electron chi connectivity index (χ1n) is 6.02. The number of aliphatic carboxylic acids is 1. The third-order valence-electron chi connectivity index (χ3n) is 3.09. The van der Waals surface area contributed by atoms with Gasteiger partial charge >= 0.3 is 12.6 Å². The molecule has 0 radical (unpaired) electrons. The fourth-order valence-electron chi connectivity index (χ4n) is 1.93. The Morgan fingerprint density at radius 3 is 2.65 bits per heavy atom. The summed E-state index contributed by atoms with van der Waals surface area (Å²) in [5, 5.41) is 11.2. The second-order valence-electron chi connectivity index (χ2n) is 4.49. The molecule has 0 heterocycles. The van der Waals surface area contributed by atoms with Gasteiger partial charge in [-0.25, -0.2) is 0 Å². The number of carboxylic acid groups (broad SMARTS) is 1. The van der Waals surface area contributed by atoms with Crippen LogP contribution in [0.3, 0.4) is 0 Å². The molecule has 0 saturated heterocycles. The standard InChI is InChI=1S/C13H13F2NO4/c14-13(15)20-10-4-2-1-3-7(10)6-16-11(17)8-5-9(8)12(18)19/h1-4,8-9,13H,5-6H2,(H,16,17)(H,18,19). The second-order valence-corrected chi connectivity index (χ2v) is 4.49. The zero-order chi connectivity index (χ0) is 14.7. The summed E-state index contributed by atoms with van der Waals surface area (Å²) in [7, 11) is 0. The van der Waals surface area contributed by atoms with Crippen LogP contribution in [0.15, 0.2) is 24.3 Å². The van der Waals surface area contributed by atoms with Crippen molar-refractivity contribution >= 4 is 11.9 Å². The smallest absolute Gasteiger partial charge is 0.387 e. The van der Waals surface area contributed by atoms with E-state index in [4.69, 9.17) is 5.11 Å². The second kappa shape index (κ2) is 5.85. The number of alkyl halides is 2. The predicted octanol–water partition coefficient (Wildman–Crippen LogP) is 1.62. The highest BCUT2D eigenvalue weighted by Crippen LogP contribution is 2.38. The summed E-state index contributed by atoms with van der Waals surface area (Å²) >= 11 is 0. The van der Waals surface area contributed by atoms with Crippen molar-refractivity contribution < 1.29 is 28.2 Å². The topological polar surface area (TPSA) is 75.6 Å². The molecule has 1 aliphatic rings. The summed E-state index contributed by atoms with van der Waals surface area (Å²) in [4.78, 5) is 22.3. The Labute approximate surface area is 113 Å². The molecule has 2 atom stereocenters. The third-order valence-corrected chi connectivity index (χ3v) is 3.09. The molecule has 108 valence electrons. The molecule has 2 unspecified atom stereocenters. The Kier molecular flexibility index (Phi) is 4.16. The van der Waals surface area contributed by atoms with Crippen LogP contribution < -0.4 is 10.1 Å². The highest BCUT2D eigenvalue weighted by Gasteiger charge is 2.48. The number of amides is 1. The Morgan fingerprint density at radius 1 is 1.35 bits per heavy atom. The number of carboxylic acids is 1. The Balaban J connectivity index is 1.91. The van der Waals surface area contributed by atoms with Crippen LogP contribution in [0, 0.1) is 11.8 Å². The van der Waals surface area contributed by atoms with Crippen LogP contribution in [0.25, 0.3) is 0 Å². The average Bonchev–Trinajstić information content (AvgIpc) is 3.17. The Morgan fingerprint density at radius 2 is 2.05 bits per heavy atom. The van der Waals surface area contributed by atoms with Crippen molar-refractivity contribution in [2.24, 2.45) is 11.8 Å². The molecule has 1 fully saturated rings. The summed E-state index contributed by atoms with van der Waals surface area (Å²) in [6.07, 6.45) is 0.316. The number of hydrogen-bond acceptors (Lipinski definition) is 3. The number of para-hydroxylation sites is 1. The molecule has 2 N–H and O–H groups in total. The van der Waals surface area contributed by atoms with Gasteiger partial charge in [-0.1, -0.05) is 18.2 Å². The molecule has 1 amide bonds. The van der Waals surface area contributed by atoms with Crippen LogP contribution in [0.4, 0.5) is 8.78 Å². The lowest BCUT2D eigenvalue weighted by Crippen LogP contribution is -2.26. The van der Waals surface area contributed by atoms with Crippen LogP contribution in [0.2, 0.25) is 0 Å². The molecule has 1 aliphatic carbocycles. The van der Waals surface area contributed by atoms with Gasteiger partial charge in [0.15, 0.2) is 0 Å². The van der Waals surface area contributed by atoms with Gasteiger partial charge in [0.25, 0.3) is 0 Å². The van der Waals surface area contributed by atoms with Crippen LogP contribution >= 0.6 is 0 Å². The van der Waals surface area contributed by atoms with Crippen molar-refractivity contribution in [2.45, 2.75) is 19.6 Å². The first kappa shape index (κ1) is 14.2. The molecule has 1 aromatic rings. The minimum Gasteiger partial charge on any atom is -0.481 e. The van der Waals surface area contributed by atoms with Crippen LogP contribution in [-0.2, 0) is 16.1 Å². The van der Waals surface area contributed by atoms with E-state index < -0.39 is 24.4 Å². The van der Waals surface area contributed by atoms with Crippen LogP contribution in [0.5, 0.6) is 5.75 Å². The largest absolute Gasteiger partial charge is 0.481 e. The lowest BCUT2D eigenvalue weighted by Gasteiger charge is -2.11. The van der Waals surface area contributed by atoms with Crippen LogP contribution in [0.1, 0.15) is 12.0 Å². The van der Waals surface area contributed by atoms with Crippen molar-refractivity contribution in [2.75, 3.05) is 0 Å². The molecule has 20 heavy (non-hydrogen) atoms. The molecular formula is C13H13F2NO4. The molecule has 1 aromatic carbocycles. The van der Waals surface area contributed by atoms with Crippen molar-refractivity contribution in [3.05, 3.63) is 29.8 Å². The van der Waals surface area contributed by atoms with Crippen molar-refractivity contribution in [3.8, 4) is 5.75 Å². The van der Waals surface area contributed by atoms with Crippen molar-refractivity contribution in [3.63, 3.8) is 0 Å². The summed E-state index contributed by atoms with van der Waals surface area (Å²) in [6, 6.07) is 6.12. The van der Waals surface area contributed by atoms with E-state index >= 15 is 0 Å². The molecule has 0 aliphatic heterocycles. The number of ether oxygens (including phenoxy) is 1. The number of nitrogens with one attached hydrogen (secondary N) is 1. The van der Waals surface area contributed by atoms with Gasteiger partial charge in [-0.3, -0.25) is 9.59 Å². The number of benzene rings is 1. The fourth-order valence-corrected chi connectivity index (χ4v) is 1.93. The molecule has 0 bridgehead atoms. The molecule has 7 heteroatoms. The normalized spacial score (nSPS) is 20.6. The molecule has 0 spiro atoms. The monoisotopic (exact) mass is 285 g/mol. The fraction of sp³-hybridized carbons (Fsp3) is 0.385. The van der Waals surface area contributed by atoms with Gasteiger partial charge in [0.2, 0.25) is 5.91 Å². The van der Waals surface area contributed by atoms with Crippen molar-refractivity contribution in [1.29, 1.82) is 0 Å². The van der Waals surface area contributed by atoms with E-state index in [1.807, 2.05) is 0 Å². The van der Waals surface area contributed by atoms with Gasteiger partial charge in [0.1, 0.15) is 5.75 Å². The maximum absolute atomic E-state index is 12.2. The number of halogens is 2. The van der Waals surface area contributed by atoms with Crippen molar-refractivity contribution in [1.82, 2.24) is 5.32 Å². The number of hydrogen-bond donors (Lipinski definition) is 2. The third kappa shape index (κ3) is 3.43. The maximum atomic E-state index is 12.2. The van der Waals surface area contributed by atoms with E-state index in [-0.39, 0.29) is 18.2 Å². The summed E-state index contributed by atoms with van der Waals surface area (Å²) in [6.45, 7) is -2.92. The van der Waals surface area contributed by atoms with Gasteiger partial charge < -0.3 is 15.2 Å². The minimum atomic E-state index is -2.94. The van der Waals surface area contributed by atoms with Gasteiger partial charge in [-0.2, -0.15) is 8.78 Å². The average molecular weight is 285 g/mol. The number of carbonyl (C=O) groups is 2. The quantitative estimate of drug-likeness (QED) is 0.833. The van der Waals surface area contributed by atoms with Gasteiger partial charge in [-0.05, 0) is 12.5 Å². The lowest BCUT2D eigenvalue weighted by molar-refractivity contribution is -0.140. The maximum Gasteiger partial charge on any atom is 0.387 e. The molecule has 1 saturated carbocycles. The predicted molar refractivity (Wildman–Crippen MR) is 64.2 cm³/mol. The van der Waals surface area contributed by atoms with Crippen LogP contribution in [-0.4, -0.2) is 23.6 Å². The van der Waals surface area contributed by atoms with E-state index in [0.717, 1.165) is 0 Å². The molecule has 2 rings (SSSR count). The number of rotatable bonds is 6. The SMILES string of the molecule is O=C(O)C1CC1C(=O)NCc1ccccc1OC(F)F. The zero-order valence-corrected chi connectivity index (χ0v) is 10.4. The van der Waals surface area contributed by atoms with E-state index in [0.29, 0.717) is 12.0 Å². The lowest BCUT2D eigenvalue weighted by atomic mass is 10.2. The van der Waals surface area contributed by atoms with Gasteiger partial charge in [-0.15, -0.1) is 0 Å². The summed E-state index contributed by atoms with van der Waals surface area (Å²) < 4.78 is 28.7. The first-order valence-corrected chi connectivity index (χ1v) is 6.02. The van der Waals surface area contributed by atoms with Gasteiger partial charge in [0.05, 0.1) is 11.8 Å². The van der Waals surface area contributed by atoms with E-state index in [2.05, 4.69) is 10.1 Å². The zero-order valence-electron chi connectivity index (χ0n) is 10.4. The minimum absolute atomic E-state index is 0.00613. The summed E-state index contributed by atoms with van der Waals surface area (Å²) in [5.74, 6) is -2.55. The summed E-state index contributed by atoms with van der Waals surface area (Å²) in [5.41, 5.74) is 0.411. The van der Waals surface area contributed by atoms with Gasteiger partial charge in [0, 0.05) is 12.1 Å². The molecule has 0 aromatic heterocycles.